The van der Waals surface area contributed by atoms with Crippen molar-refractivity contribution in [3.63, 3.8) is 0 Å². The fraction of sp³-hybridized carbons (Fsp3) is 0.545. The molecule has 0 aliphatic carbocycles. The van der Waals surface area contributed by atoms with E-state index in [2.05, 4.69) is 17.0 Å². The molecule has 0 fully saturated rings. The van der Waals surface area contributed by atoms with Gasteiger partial charge in [-0.15, -0.1) is 11.8 Å². The minimum absolute atomic E-state index is 0.154. The summed E-state index contributed by atoms with van der Waals surface area (Å²) in [7, 11) is 1.87. The number of rotatable bonds is 6. The Labute approximate surface area is 95.0 Å². The van der Waals surface area contributed by atoms with E-state index in [0.29, 0.717) is 13.3 Å². The third kappa shape index (κ3) is 3.48. The van der Waals surface area contributed by atoms with Crippen molar-refractivity contribution >= 4 is 0 Å². The van der Waals surface area contributed by atoms with Crippen LogP contribution < -0.4 is 4.57 Å². The van der Waals surface area contributed by atoms with E-state index < -0.39 is 0 Å². The number of imidazole rings is 1. The average molecular weight is 222 g/mol. The van der Waals surface area contributed by atoms with Crippen molar-refractivity contribution in [2.45, 2.75) is 26.6 Å². The molecule has 0 aliphatic heterocycles. The summed E-state index contributed by atoms with van der Waals surface area (Å²) < 4.78 is 9.15. The minimum Gasteiger partial charge on any atom is -0.341 e. The molecule has 0 bridgehead atoms. The predicted octanol–water partition coefficient (Wildman–Crippen LogP) is 0.966. The maximum absolute atomic E-state index is 10.3. The zero-order valence-electron chi connectivity index (χ0n) is 9.64. The first-order valence-corrected chi connectivity index (χ1v) is 5.09. The molecule has 0 saturated carbocycles. The molecule has 0 amide bonds. The highest BCUT2D eigenvalue weighted by molar-refractivity contribution is 4.94. The summed E-state index contributed by atoms with van der Waals surface area (Å²) in [5, 5.41) is 2.89. The Morgan fingerprint density at radius 3 is 3.12 bits per heavy atom. The number of aromatic nitrogens is 2. The van der Waals surface area contributed by atoms with Gasteiger partial charge in [0.05, 0.1) is 13.7 Å². The van der Waals surface area contributed by atoms with Crippen LogP contribution in [0.4, 0.5) is 0 Å². The summed E-state index contributed by atoms with van der Waals surface area (Å²) in [6.45, 7) is 2.98. The molecule has 1 rings (SSSR count). The van der Waals surface area contributed by atoms with E-state index in [0.717, 1.165) is 12.2 Å². The van der Waals surface area contributed by atoms with Gasteiger partial charge in [-0.25, -0.2) is 9.13 Å². The lowest BCUT2D eigenvalue weighted by molar-refractivity contribution is -0.679. The smallest absolute Gasteiger partial charge is 0.283 e. The van der Waals surface area contributed by atoms with Crippen LogP contribution in [0.5, 0.6) is 0 Å². The molecular formula is C11H16N3O2+. The van der Waals surface area contributed by atoms with Crippen molar-refractivity contribution in [2.75, 3.05) is 6.61 Å². The van der Waals surface area contributed by atoms with Gasteiger partial charge >= 0.3 is 0 Å². The number of ether oxygens (including phenoxy) is 1. The quantitative estimate of drug-likeness (QED) is 0.311. The molecule has 0 unspecified atom stereocenters. The Morgan fingerprint density at radius 2 is 2.44 bits per heavy atom. The lowest BCUT2D eigenvalue weighted by atomic mass is 10.4. The summed E-state index contributed by atoms with van der Waals surface area (Å²) in [5.41, 5.74) is 0. The van der Waals surface area contributed by atoms with Crippen molar-refractivity contribution in [3.05, 3.63) is 23.1 Å². The number of hydrogen-bond acceptors (Lipinski definition) is 3. The maximum atomic E-state index is 10.3. The molecule has 5 nitrogen and oxygen atoms in total. The number of hydrogen-bond donors (Lipinski definition) is 0. The average Bonchev–Trinajstić information content (AvgIpc) is 2.62. The topological polar surface area (TPSA) is 47.5 Å². The Balaban J connectivity index is 2.45. The van der Waals surface area contributed by atoms with Crippen LogP contribution in [-0.2, 0) is 25.1 Å². The van der Waals surface area contributed by atoms with E-state index >= 15 is 0 Å². The first-order chi connectivity index (χ1) is 7.79. The molecule has 1 aromatic heterocycles. The molecule has 5 heteroatoms. The first kappa shape index (κ1) is 12.4. The highest BCUT2D eigenvalue weighted by Gasteiger charge is 2.13. The normalized spacial score (nSPS) is 9.62. The molecule has 0 atom stereocenters. The van der Waals surface area contributed by atoms with Gasteiger partial charge < -0.3 is 4.74 Å². The van der Waals surface area contributed by atoms with Crippen molar-refractivity contribution in [1.29, 1.82) is 0 Å². The highest BCUT2D eigenvalue weighted by atomic mass is 16.5. The van der Waals surface area contributed by atoms with Gasteiger partial charge in [0.25, 0.3) is 5.82 Å². The Hall–Kier alpha value is -1.67. The number of nitrogens with zero attached hydrogens (tertiary/aromatic N) is 3. The minimum atomic E-state index is 0.154. The summed E-state index contributed by atoms with van der Waals surface area (Å²) >= 11 is 0. The second-order valence-corrected chi connectivity index (χ2v) is 3.30. The molecule has 0 aromatic carbocycles. The third-order valence-corrected chi connectivity index (χ3v) is 2.19. The fourth-order valence-corrected chi connectivity index (χ4v) is 1.34. The zero-order chi connectivity index (χ0) is 11.8. The third-order valence-electron chi connectivity index (χ3n) is 2.19. The summed E-state index contributed by atoms with van der Waals surface area (Å²) in [6.07, 6.45) is 4.47. The van der Waals surface area contributed by atoms with Crippen molar-refractivity contribution in [3.8, 4) is 11.8 Å². The number of aryl methyl sites for hydroxylation is 1. The van der Waals surface area contributed by atoms with Crippen molar-refractivity contribution in [2.24, 2.45) is 12.2 Å². The van der Waals surface area contributed by atoms with E-state index in [1.807, 2.05) is 28.6 Å². The van der Waals surface area contributed by atoms with Crippen LogP contribution in [0.1, 0.15) is 19.2 Å². The molecule has 0 aliphatic rings. The van der Waals surface area contributed by atoms with Gasteiger partial charge in [0.1, 0.15) is 12.4 Å². The van der Waals surface area contributed by atoms with Crippen LogP contribution in [0.25, 0.3) is 0 Å². The SMILES string of the molecule is CC#CCCOCn1cc[n+](C)c1CN=O. The van der Waals surface area contributed by atoms with Crippen molar-refractivity contribution in [1.82, 2.24) is 4.57 Å². The number of nitroso groups, excluding NO2 is 1. The summed E-state index contributed by atoms with van der Waals surface area (Å²) in [5.74, 6) is 6.56. The lowest BCUT2D eigenvalue weighted by Gasteiger charge is -2.00. The maximum Gasteiger partial charge on any atom is 0.283 e. The van der Waals surface area contributed by atoms with E-state index in [4.69, 9.17) is 4.74 Å². The van der Waals surface area contributed by atoms with Crippen LogP contribution in [0, 0.1) is 16.7 Å². The first-order valence-electron chi connectivity index (χ1n) is 5.09. The fourth-order valence-electron chi connectivity index (χ4n) is 1.34. The molecule has 1 aromatic rings. The van der Waals surface area contributed by atoms with Gasteiger partial charge in [-0.2, -0.15) is 4.91 Å². The summed E-state index contributed by atoms with van der Waals surface area (Å²) in [4.78, 5) is 10.3. The molecule has 0 radical (unpaired) electrons. The second-order valence-electron chi connectivity index (χ2n) is 3.30. The van der Waals surface area contributed by atoms with E-state index in [1.165, 1.54) is 0 Å². The molecule has 86 valence electrons. The zero-order valence-corrected chi connectivity index (χ0v) is 9.64. The Morgan fingerprint density at radius 1 is 1.62 bits per heavy atom. The Bertz CT molecular complexity index is 401. The highest BCUT2D eigenvalue weighted by Crippen LogP contribution is 1.98. The second kappa shape index (κ2) is 6.75. The molecule has 0 spiro atoms. The molecule has 0 N–H and O–H groups in total. The van der Waals surface area contributed by atoms with Crippen LogP contribution in [-0.4, -0.2) is 11.2 Å². The van der Waals surface area contributed by atoms with Crippen LogP contribution in [0.15, 0.2) is 17.6 Å². The molecule has 0 saturated heterocycles. The molecule has 16 heavy (non-hydrogen) atoms. The summed E-state index contributed by atoms with van der Waals surface area (Å²) in [6, 6.07) is 0. The van der Waals surface area contributed by atoms with Crippen LogP contribution in [0.3, 0.4) is 0 Å². The lowest BCUT2D eigenvalue weighted by Crippen LogP contribution is -2.32. The van der Waals surface area contributed by atoms with Gasteiger partial charge in [-0.3, -0.25) is 0 Å². The van der Waals surface area contributed by atoms with Gasteiger partial charge in [0.2, 0.25) is 0 Å². The van der Waals surface area contributed by atoms with E-state index in [9.17, 15) is 4.91 Å². The largest absolute Gasteiger partial charge is 0.341 e. The monoisotopic (exact) mass is 222 g/mol. The Kier molecular flexibility index (Phi) is 5.23. The van der Waals surface area contributed by atoms with Crippen LogP contribution in [0.2, 0.25) is 0 Å². The van der Waals surface area contributed by atoms with Gasteiger partial charge in [-0.1, -0.05) is 5.18 Å². The van der Waals surface area contributed by atoms with Gasteiger partial charge in [0.15, 0.2) is 13.3 Å². The molecular weight excluding hydrogens is 206 g/mol. The van der Waals surface area contributed by atoms with E-state index in [-0.39, 0.29) is 6.54 Å². The standard InChI is InChI=1S/C11H16N3O2/c1-3-4-5-8-16-10-14-7-6-13(2)11(14)9-12-15/h6-7H,5,8-10H2,1-2H3/q+1. The predicted molar refractivity (Wildman–Crippen MR) is 59.1 cm³/mol. The molecule has 1 heterocycles. The van der Waals surface area contributed by atoms with E-state index in [1.54, 1.807) is 6.92 Å². The van der Waals surface area contributed by atoms with Crippen molar-refractivity contribution < 1.29 is 9.30 Å². The van der Waals surface area contributed by atoms with Gasteiger partial charge in [0, 0.05) is 6.42 Å². The van der Waals surface area contributed by atoms with Crippen LogP contribution >= 0.6 is 0 Å². The van der Waals surface area contributed by atoms with Gasteiger partial charge in [-0.05, 0) is 6.92 Å².